The van der Waals surface area contributed by atoms with Crippen LogP contribution in [0.5, 0.6) is 0 Å². The lowest BCUT2D eigenvalue weighted by molar-refractivity contribution is -0.235. The van der Waals surface area contributed by atoms with Crippen LogP contribution in [-0.2, 0) is 43.1 Å². The molecule has 0 aromatic rings. The Hall–Kier alpha value is -3.14. The molecule has 0 bridgehead atoms. The molecule has 2 heterocycles. The van der Waals surface area contributed by atoms with Crippen molar-refractivity contribution in [3.63, 3.8) is 0 Å². The Morgan fingerprint density at radius 1 is 1.03 bits per heavy atom. The Labute approximate surface area is 225 Å². The van der Waals surface area contributed by atoms with Gasteiger partial charge >= 0.3 is 5.97 Å². The van der Waals surface area contributed by atoms with Gasteiger partial charge < -0.3 is 40.5 Å². The third kappa shape index (κ3) is 11.6. The molecular formula is C24H38N4O11. The zero-order valence-electron chi connectivity index (χ0n) is 22.0. The lowest BCUT2D eigenvalue weighted by Gasteiger charge is -2.31. The topological polar surface area (TPSA) is 210 Å². The van der Waals surface area contributed by atoms with E-state index < -0.39 is 53.9 Å². The van der Waals surface area contributed by atoms with Gasteiger partial charge in [-0.15, -0.1) is 5.06 Å². The van der Waals surface area contributed by atoms with Crippen LogP contribution < -0.4 is 16.0 Å². The monoisotopic (exact) mass is 558 g/mol. The van der Waals surface area contributed by atoms with E-state index in [1.807, 2.05) is 6.92 Å². The standard InChI is InChI=1S/C24H38N4O11/c1-15-6-7-17(30)24(38-15)37-13-11-25-19(32)14-16(23(36)26-10-12-29)27-18(31)4-2-3-5-22(35)39-28-20(33)8-9-21(28)34/h15-17,24,29-30H,2-14H2,1H3,(H,25,32)(H,26,36)(H,27,31)/t15-,16?,17-,24+/m0/s1. The number of hydroxylamine groups is 2. The Balaban J connectivity index is 1.71. The minimum Gasteiger partial charge on any atom is -0.395 e. The normalized spacial score (nSPS) is 21.8. The fourth-order valence-corrected chi connectivity index (χ4v) is 3.84. The fraction of sp³-hybridized carbons (Fsp3) is 0.750. The first kappa shape index (κ1) is 32.1. The summed E-state index contributed by atoms with van der Waals surface area (Å²) >= 11 is 0. The first-order valence-corrected chi connectivity index (χ1v) is 13.1. The summed E-state index contributed by atoms with van der Waals surface area (Å²) in [4.78, 5) is 76.7. The fourth-order valence-electron chi connectivity index (χ4n) is 3.84. The number of rotatable bonds is 16. The SMILES string of the molecule is C[C@H]1CC[C@H](O)[C@H](OCCNC(=O)CC(NC(=O)CCCCC(=O)ON2C(=O)CCC2=O)C(=O)NCCO)O1. The number of amides is 5. The summed E-state index contributed by atoms with van der Waals surface area (Å²) in [6, 6.07) is -1.20. The minimum atomic E-state index is -1.20. The summed E-state index contributed by atoms with van der Waals surface area (Å²) in [6.45, 7) is 1.64. The number of aliphatic hydroxyl groups excluding tert-OH is 2. The summed E-state index contributed by atoms with van der Waals surface area (Å²) in [7, 11) is 0. The van der Waals surface area contributed by atoms with Crippen molar-refractivity contribution in [2.75, 3.05) is 26.3 Å². The second kappa shape index (κ2) is 16.7. The summed E-state index contributed by atoms with van der Waals surface area (Å²) < 4.78 is 11.0. The molecule has 2 fully saturated rings. The number of hydrogen-bond acceptors (Lipinski definition) is 11. The highest BCUT2D eigenvalue weighted by molar-refractivity contribution is 6.01. The predicted molar refractivity (Wildman–Crippen MR) is 131 cm³/mol. The highest BCUT2D eigenvalue weighted by atomic mass is 16.7. The number of unbranched alkanes of at least 4 members (excludes halogenated alkanes) is 1. The van der Waals surface area contributed by atoms with Crippen LogP contribution in [0.25, 0.3) is 0 Å². The number of ether oxygens (including phenoxy) is 2. The molecule has 5 amide bonds. The number of carbonyl (C=O) groups is 6. The number of hydrogen-bond donors (Lipinski definition) is 5. The van der Waals surface area contributed by atoms with Gasteiger partial charge in [0.1, 0.15) is 12.1 Å². The molecule has 2 aliphatic heterocycles. The third-order valence-electron chi connectivity index (χ3n) is 5.94. The third-order valence-corrected chi connectivity index (χ3v) is 5.94. The molecule has 220 valence electrons. The van der Waals surface area contributed by atoms with Crippen molar-refractivity contribution in [2.45, 2.75) is 89.3 Å². The molecule has 15 nitrogen and oxygen atoms in total. The molecule has 0 radical (unpaired) electrons. The van der Waals surface area contributed by atoms with E-state index in [2.05, 4.69) is 16.0 Å². The maximum atomic E-state index is 12.4. The smallest absolute Gasteiger partial charge is 0.333 e. The van der Waals surface area contributed by atoms with Crippen molar-refractivity contribution in [1.29, 1.82) is 0 Å². The van der Waals surface area contributed by atoms with E-state index in [1.165, 1.54) is 0 Å². The number of aliphatic hydroxyl groups is 2. The van der Waals surface area contributed by atoms with Gasteiger partial charge in [0.05, 0.1) is 25.7 Å². The molecule has 0 spiro atoms. The van der Waals surface area contributed by atoms with Crippen LogP contribution in [-0.4, -0.2) is 102 Å². The number of nitrogens with one attached hydrogen (secondary N) is 3. The highest BCUT2D eigenvalue weighted by Crippen LogP contribution is 2.20. The molecule has 2 aliphatic rings. The minimum absolute atomic E-state index is 0.00989. The van der Waals surface area contributed by atoms with Gasteiger partial charge in [-0.2, -0.15) is 0 Å². The molecule has 0 aromatic heterocycles. The average Bonchev–Trinajstić information content (AvgIpc) is 3.21. The zero-order valence-corrected chi connectivity index (χ0v) is 22.0. The van der Waals surface area contributed by atoms with E-state index in [0.29, 0.717) is 11.5 Å². The molecule has 2 rings (SSSR count). The summed E-state index contributed by atoms with van der Waals surface area (Å²) in [6.07, 6.45) is -0.423. The second-order valence-electron chi connectivity index (χ2n) is 9.27. The number of imide groups is 1. The van der Waals surface area contributed by atoms with E-state index in [9.17, 15) is 33.9 Å². The van der Waals surface area contributed by atoms with Crippen LogP contribution in [0, 0.1) is 0 Å². The number of nitrogens with zero attached hydrogens (tertiary/aromatic N) is 1. The van der Waals surface area contributed by atoms with Crippen LogP contribution in [0.1, 0.15) is 64.7 Å². The Bertz CT molecular complexity index is 868. The van der Waals surface area contributed by atoms with E-state index >= 15 is 0 Å². The molecule has 15 heteroatoms. The quantitative estimate of drug-likeness (QED) is 0.105. The summed E-state index contributed by atoms with van der Waals surface area (Å²) in [5.41, 5.74) is 0. The maximum Gasteiger partial charge on any atom is 0.333 e. The molecule has 39 heavy (non-hydrogen) atoms. The Morgan fingerprint density at radius 2 is 1.72 bits per heavy atom. The van der Waals surface area contributed by atoms with E-state index in [4.69, 9.17) is 19.4 Å². The van der Waals surface area contributed by atoms with Crippen molar-refractivity contribution in [3.05, 3.63) is 0 Å². The second-order valence-corrected chi connectivity index (χ2v) is 9.27. The lowest BCUT2D eigenvalue weighted by atomic mass is 10.1. The van der Waals surface area contributed by atoms with Gasteiger partial charge in [-0.3, -0.25) is 24.0 Å². The van der Waals surface area contributed by atoms with E-state index in [0.717, 1.165) is 6.42 Å². The Morgan fingerprint density at radius 3 is 2.41 bits per heavy atom. The maximum absolute atomic E-state index is 12.4. The van der Waals surface area contributed by atoms with Crippen LogP contribution in [0.2, 0.25) is 0 Å². The van der Waals surface area contributed by atoms with Crippen LogP contribution in [0.15, 0.2) is 0 Å². The van der Waals surface area contributed by atoms with Gasteiger partial charge in [-0.1, -0.05) is 0 Å². The average molecular weight is 559 g/mol. The van der Waals surface area contributed by atoms with E-state index in [-0.39, 0.29) is 77.4 Å². The molecule has 0 saturated carbocycles. The molecule has 5 N–H and O–H groups in total. The van der Waals surface area contributed by atoms with Crippen molar-refractivity contribution < 1.29 is 53.3 Å². The van der Waals surface area contributed by atoms with Crippen LogP contribution in [0.4, 0.5) is 0 Å². The van der Waals surface area contributed by atoms with E-state index in [1.54, 1.807) is 0 Å². The highest BCUT2D eigenvalue weighted by Gasteiger charge is 2.33. The first-order chi connectivity index (χ1) is 18.6. The predicted octanol–water partition coefficient (Wildman–Crippen LogP) is -1.84. The van der Waals surface area contributed by atoms with Crippen LogP contribution in [0.3, 0.4) is 0 Å². The van der Waals surface area contributed by atoms with Gasteiger partial charge in [0, 0.05) is 38.8 Å². The molecular weight excluding hydrogens is 520 g/mol. The van der Waals surface area contributed by atoms with Gasteiger partial charge in [-0.05, 0) is 32.6 Å². The molecule has 0 aliphatic carbocycles. The summed E-state index contributed by atoms with van der Waals surface area (Å²) in [5.74, 6) is -3.66. The first-order valence-electron chi connectivity index (χ1n) is 13.1. The molecule has 4 atom stereocenters. The van der Waals surface area contributed by atoms with Crippen LogP contribution >= 0.6 is 0 Å². The molecule has 1 unspecified atom stereocenters. The van der Waals surface area contributed by atoms with Gasteiger partial charge in [0.2, 0.25) is 17.7 Å². The Kier molecular flexibility index (Phi) is 13.8. The van der Waals surface area contributed by atoms with Gasteiger partial charge in [0.25, 0.3) is 11.8 Å². The van der Waals surface area contributed by atoms with Crippen molar-refractivity contribution in [2.24, 2.45) is 0 Å². The zero-order chi connectivity index (χ0) is 28.8. The van der Waals surface area contributed by atoms with Gasteiger partial charge in [0.15, 0.2) is 6.29 Å². The number of carbonyl (C=O) groups excluding carboxylic acids is 6. The lowest BCUT2D eigenvalue weighted by Crippen LogP contribution is -2.49. The van der Waals surface area contributed by atoms with Gasteiger partial charge in [-0.25, -0.2) is 4.79 Å². The molecule has 0 aromatic carbocycles. The largest absolute Gasteiger partial charge is 0.395 e. The van der Waals surface area contributed by atoms with Crippen molar-refractivity contribution in [3.8, 4) is 0 Å². The van der Waals surface area contributed by atoms with Crippen molar-refractivity contribution in [1.82, 2.24) is 21.0 Å². The summed E-state index contributed by atoms with van der Waals surface area (Å²) in [5, 5.41) is 26.8. The molecule has 2 saturated heterocycles. The van der Waals surface area contributed by atoms with Crippen molar-refractivity contribution >= 4 is 35.5 Å².